The highest BCUT2D eigenvalue weighted by Gasteiger charge is 2.29. The molecule has 1 aliphatic rings. The number of carbonyl (C=O) groups excluding carboxylic acids is 1. The fourth-order valence-corrected chi connectivity index (χ4v) is 2.33. The molecule has 1 atom stereocenters. The van der Waals surface area contributed by atoms with E-state index >= 15 is 0 Å². The third kappa shape index (κ3) is 2.65. The van der Waals surface area contributed by atoms with E-state index in [0.717, 1.165) is 0 Å². The van der Waals surface area contributed by atoms with Crippen molar-refractivity contribution in [2.45, 2.75) is 25.8 Å². The van der Waals surface area contributed by atoms with Crippen molar-refractivity contribution >= 4 is 27.5 Å². The van der Waals surface area contributed by atoms with Gasteiger partial charge in [-0.1, -0.05) is 0 Å². The first kappa shape index (κ1) is 12.9. The number of rotatable bonds is 3. The van der Waals surface area contributed by atoms with Gasteiger partial charge in [0, 0.05) is 10.5 Å². The van der Waals surface area contributed by atoms with Crippen molar-refractivity contribution in [3.05, 3.63) is 27.7 Å². The highest BCUT2D eigenvalue weighted by molar-refractivity contribution is 9.10. The Morgan fingerprint density at radius 1 is 1.61 bits per heavy atom. The van der Waals surface area contributed by atoms with Crippen molar-refractivity contribution in [3.8, 4) is 6.07 Å². The number of hydrogen-bond donors (Lipinski definition) is 2. The number of halogens is 1. The summed E-state index contributed by atoms with van der Waals surface area (Å²) >= 11 is 3.26. The summed E-state index contributed by atoms with van der Waals surface area (Å²) in [6.07, 6.45) is 2.33. The van der Waals surface area contributed by atoms with Crippen molar-refractivity contribution in [1.29, 1.82) is 5.26 Å². The molecule has 1 saturated carbocycles. The predicted molar refractivity (Wildman–Crippen MR) is 72.9 cm³/mol. The molecule has 0 radical (unpaired) electrons. The van der Waals surface area contributed by atoms with Gasteiger partial charge in [0.15, 0.2) is 0 Å². The molecule has 0 saturated heterocycles. The van der Waals surface area contributed by atoms with Crippen molar-refractivity contribution in [1.82, 2.24) is 5.32 Å². The van der Waals surface area contributed by atoms with E-state index < -0.39 is 0 Å². The monoisotopic (exact) mass is 307 g/mol. The Labute approximate surface area is 114 Å². The Kier molecular flexibility index (Phi) is 3.58. The summed E-state index contributed by atoms with van der Waals surface area (Å²) in [5.74, 6) is 0.363. The van der Waals surface area contributed by atoms with Gasteiger partial charge in [0.25, 0.3) is 5.91 Å². The van der Waals surface area contributed by atoms with E-state index in [0.29, 0.717) is 27.2 Å². The van der Waals surface area contributed by atoms with Crippen LogP contribution in [0.1, 0.15) is 35.7 Å². The molecule has 4 nitrogen and oxygen atoms in total. The van der Waals surface area contributed by atoms with Crippen molar-refractivity contribution in [3.63, 3.8) is 0 Å². The topological polar surface area (TPSA) is 78.9 Å². The highest BCUT2D eigenvalue weighted by atomic mass is 79.9. The van der Waals surface area contributed by atoms with Crippen LogP contribution in [-0.4, -0.2) is 11.9 Å². The second-order valence-electron chi connectivity index (χ2n) is 4.63. The van der Waals surface area contributed by atoms with Crippen molar-refractivity contribution in [2.75, 3.05) is 5.73 Å². The zero-order chi connectivity index (χ0) is 13.3. The quantitative estimate of drug-likeness (QED) is 0.842. The van der Waals surface area contributed by atoms with Gasteiger partial charge in [-0.2, -0.15) is 5.26 Å². The Morgan fingerprint density at radius 2 is 2.28 bits per heavy atom. The molecule has 1 fully saturated rings. The molecule has 0 bridgehead atoms. The summed E-state index contributed by atoms with van der Waals surface area (Å²) in [4.78, 5) is 12.1. The van der Waals surface area contributed by atoms with Gasteiger partial charge < -0.3 is 11.1 Å². The van der Waals surface area contributed by atoms with Crippen LogP contribution in [-0.2, 0) is 0 Å². The molecular weight excluding hydrogens is 294 g/mol. The van der Waals surface area contributed by atoms with Crippen LogP contribution in [0.3, 0.4) is 0 Å². The van der Waals surface area contributed by atoms with E-state index in [1.54, 1.807) is 6.07 Å². The number of hydrogen-bond acceptors (Lipinski definition) is 3. The largest absolute Gasteiger partial charge is 0.397 e. The third-order valence-electron chi connectivity index (χ3n) is 3.19. The lowest BCUT2D eigenvalue weighted by molar-refractivity contribution is 0.0936. The maximum absolute atomic E-state index is 12.1. The smallest absolute Gasteiger partial charge is 0.253 e. The number of carbonyl (C=O) groups is 1. The molecule has 0 heterocycles. The first-order valence-electron chi connectivity index (χ1n) is 5.83. The zero-order valence-electron chi connectivity index (χ0n) is 10.0. The average Bonchev–Trinajstić information content (AvgIpc) is 3.16. The summed E-state index contributed by atoms with van der Waals surface area (Å²) in [5.41, 5.74) is 7.00. The van der Waals surface area contributed by atoms with E-state index in [4.69, 9.17) is 11.0 Å². The van der Waals surface area contributed by atoms with Crippen LogP contribution in [0.5, 0.6) is 0 Å². The van der Waals surface area contributed by atoms with Crippen molar-refractivity contribution in [2.24, 2.45) is 5.92 Å². The Bertz CT molecular complexity index is 532. The Morgan fingerprint density at radius 3 is 2.83 bits per heavy atom. The molecule has 1 amide bonds. The normalized spacial score (nSPS) is 15.8. The summed E-state index contributed by atoms with van der Waals surface area (Å²) in [6.45, 7) is 1.99. The number of nitrogens with two attached hydrogens (primary N) is 1. The molecule has 0 aromatic heterocycles. The van der Waals surface area contributed by atoms with E-state index in [-0.39, 0.29) is 11.9 Å². The first-order chi connectivity index (χ1) is 8.52. The lowest BCUT2D eigenvalue weighted by Crippen LogP contribution is -2.34. The van der Waals surface area contributed by atoms with Crippen molar-refractivity contribution < 1.29 is 4.79 Å². The molecule has 2 rings (SSSR count). The van der Waals surface area contributed by atoms with Crippen LogP contribution in [0.4, 0.5) is 5.69 Å². The number of nitrogens with zero attached hydrogens (tertiary/aromatic N) is 1. The van der Waals surface area contributed by atoms with Gasteiger partial charge in [0.05, 0.1) is 22.9 Å². The summed E-state index contributed by atoms with van der Waals surface area (Å²) < 4.78 is 0.575. The minimum atomic E-state index is -0.218. The summed E-state index contributed by atoms with van der Waals surface area (Å²) in [6, 6.07) is 5.30. The minimum absolute atomic E-state index is 0.154. The third-order valence-corrected chi connectivity index (χ3v) is 3.85. The Hall–Kier alpha value is -1.54. The van der Waals surface area contributed by atoms with Gasteiger partial charge in [-0.25, -0.2) is 0 Å². The van der Waals surface area contributed by atoms with Gasteiger partial charge in [-0.3, -0.25) is 4.79 Å². The molecule has 5 heteroatoms. The Balaban J connectivity index is 2.23. The molecule has 94 valence electrons. The fraction of sp³-hybridized carbons (Fsp3) is 0.385. The maximum atomic E-state index is 12.1. The van der Waals surface area contributed by atoms with Crippen LogP contribution in [0.25, 0.3) is 0 Å². The zero-order valence-corrected chi connectivity index (χ0v) is 11.6. The number of nitriles is 1. The fourth-order valence-electron chi connectivity index (χ4n) is 1.87. The summed E-state index contributed by atoms with van der Waals surface area (Å²) in [7, 11) is 0. The molecule has 0 aliphatic heterocycles. The number of benzene rings is 1. The summed E-state index contributed by atoms with van der Waals surface area (Å²) in [5, 5.41) is 11.8. The van der Waals surface area contributed by atoms with Crippen LogP contribution < -0.4 is 11.1 Å². The van der Waals surface area contributed by atoms with Crippen LogP contribution in [0.15, 0.2) is 16.6 Å². The lowest BCUT2D eigenvalue weighted by Gasteiger charge is -2.14. The molecule has 1 aliphatic carbocycles. The van der Waals surface area contributed by atoms with Gasteiger partial charge in [0.2, 0.25) is 0 Å². The van der Waals surface area contributed by atoms with Gasteiger partial charge >= 0.3 is 0 Å². The van der Waals surface area contributed by atoms with Crippen LogP contribution in [0, 0.1) is 17.2 Å². The maximum Gasteiger partial charge on any atom is 0.253 e. The standard InChI is InChI=1S/C13H14BrN3O/c1-7(9-2-3-9)17-13(18)10-4-8(6-15)5-11(14)12(10)16/h4-5,7,9H,2-3,16H2,1H3,(H,17,18). The van der Waals surface area contributed by atoms with Crippen LogP contribution >= 0.6 is 15.9 Å². The first-order valence-corrected chi connectivity index (χ1v) is 6.62. The predicted octanol–water partition coefficient (Wildman–Crippen LogP) is 2.43. The van der Waals surface area contributed by atoms with Gasteiger partial charge in [0.1, 0.15) is 0 Å². The molecule has 18 heavy (non-hydrogen) atoms. The molecule has 0 spiro atoms. The van der Waals surface area contributed by atoms with E-state index in [2.05, 4.69) is 21.2 Å². The lowest BCUT2D eigenvalue weighted by atomic mass is 10.1. The second-order valence-corrected chi connectivity index (χ2v) is 5.49. The minimum Gasteiger partial charge on any atom is -0.397 e. The SMILES string of the molecule is CC(NC(=O)c1cc(C#N)cc(Br)c1N)C1CC1. The van der Waals surface area contributed by atoms with Gasteiger partial charge in [-0.05, 0) is 53.7 Å². The molecule has 3 N–H and O–H groups in total. The van der Waals surface area contributed by atoms with Crippen LogP contribution in [0.2, 0.25) is 0 Å². The van der Waals surface area contributed by atoms with E-state index in [1.807, 2.05) is 13.0 Å². The molecular formula is C13H14BrN3O. The number of nitrogens with one attached hydrogen (secondary N) is 1. The molecule has 1 unspecified atom stereocenters. The highest BCUT2D eigenvalue weighted by Crippen LogP contribution is 2.33. The van der Waals surface area contributed by atoms with E-state index in [1.165, 1.54) is 18.9 Å². The number of anilines is 1. The average molecular weight is 308 g/mol. The second kappa shape index (κ2) is 4.99. The number of amides is 1. The molecule has 1 aromatic rings. The molecule has 1 aromatic carbocycles. The van der Waals surface area contributed by atoms with Gasteiger partial charge in [-0.15, -0.1) is 0 Å². The van der Waals surface area contributed by atoms with E-state index in [9.17, 15) is 4.79 Å². The number of nitrogen functional groups attached to an aromatic ring is 1.